The molecule has 0 bridgehead atoms. The molecule has 2 unspecified atom stereocenters. The third-order valence-corrected chi connectivity index (χ3v) is 9.41. The van der Waals surface area contributed by atoms with Gasteiger partial charge in [0.1, 0.15) is 11.9 Å². The summed E-state index contributed by atoms with van der Waals surface area (Å²) in [5.74, 6) is -0.845. The summed E-state index contributed by atoms with van der Waals surface area (Å²) in [5, 5.41) is 12.6. The lowest BCUT2D eigenvalue weighted by Gasteiger charge is -2.25. The van der Waals surface area contributed by atoms with Crippen molar-refractivity contribution in [3.05, 3.63) is 71.7 Å². The Kier molecular flexibility index (Phi) is 8.49. The Morgan fingerprint density at radius 1 is 1.00 bits per heavy atom. The van der Waals surface area contributed by atoms with Crippen molar-refractivity contribution in [2.75, 3.05) is 24.6 Å². The maximum Gasteiger partial charge on any atom is 0.416 e. The topological polar surface area (TPSA) is 116 Å². The number of carbonyl (C=O) groups excluding carboxylic acids is 1. The van der Waals surface area contributed by atoms with E-state index in [4.69, 9.17) is 0 Å². The molecule has 3 heterocycles. The number of sulfonamides is 1. The third-order valence-electron chi connectivity index (χ3n) is 7.49. The molecule has 42 heavy (non-hydrogen) atoms. The molecule has 0 spiro atoms. The minimum Gasteiger partial charge on any atom is -0.394 e. The van der Waals surface area contributed by atoms with Gasteiger partial charge in [0.05, 0.1) is 41.0 Å². The summed E-state index contributed by atoms with van der Waals surface area (Å²) in [5.41, 5.74) is 0.302. The average Bonchev–Trinajstić information content (AvgIpc) is 3.66. The maximum atomic E-state index is 13.3. The second-order valence-electron chi connectivity index (χ2n) is 10.2. The fraction of sp³-hybridized carbons (Fsp3) is 0.393. The van der Waals surface area contributed by atoms with Crippen molar-refractivity contribution in [1.29, 1.82) is 0 Å². The van der Waals surface area contributed by atoms with Crippen LogP contribution in [0.5, 0.6) is 0 Å². The quantitative estimate of drug-likeness (QED) is 0.375. The van der Waals surface area contributed by atoms with Gasteiger partial charge in [-0.25, -0.2) is 22.8 Å². The number of aromatic nitrogens is 2. The molecule has 1 aromatic heterocycles. The number of aliphatic hydroxyl groups excluding tert-OH is 1. The Hall–Kier alpha value is -3.62. The first-order valence-corrected chi connectivity index (χ1v) is 14.9. The molecular weight excluding hydrogens is 578 g/mol. The van der Waals surface area contributed by atoms with Gasteiger partial charge in [0.15, 0.2) is 0 Å². The predicted molar refractivity (Wildman–Crippen MR) is 145 cm³/mol. The van der Waals surface area contributed by atoms with Gasteiger partial charge in [-0.2, -0.15) is 17.5 Å². The highest BCUT2D eigenvalue weighted by molar-refractivity contribution is 7.89. The highest BCUT2D eigenvalue weighted by Gasteiger charge is 2.39. The third kappa shape index (κ3) is 6.25. The Balaban J connectivity index is 1.38. The first kappa shape index (κ1) is 29.9. The van der Waals surface area contributed by atoms with Crippen LogP contribution < -0.4 is 10.2 Å². The predicted octanol–water partition coefficient (Wildman–Crippen LogP) is 3.73. The standard InChI is InChI=1S/C28H29F4N5O4S/c29-20-9-11-23(12-10-20)42(40,41)37-14-2-4-25(37)26(39)33-16-21-15-24(18-5-7-19(8-6-18)28(30,31)32)35-27(34-21)36-13-1-3-22(36)17-38/h5-12,15,22,25,38H,1-4,13-14,16-17H2,(H,33,39). The summed E-state index contributed by atoms with van der Waals surface area (Å²) >= 11 is 0. The number of hydrogen-bond acceptors (Lipinski definition) is 7. The van der Waals surface area contributed by atoms with Crippen molar-refractivity contribution in [3.63, 3.8) is 0 Å². The highest BCUT2D eigenvalue weighted by Crippen LogP contribution is 2.32. The largest absolute Gasteiger partial charge is 0.416 e. The van der Waals surface area contributed by atoms with E-state index in [0.717, 1.165) is 53.5 Å². The number of rotatable bonds is 8. The van der Waals surface area contributed by atoms with Crippen LogP contribution in [-0.2, 0) is 27.5 Å². The minimum atomic E-state index is -4.49. The number of nitrogens with zero attached hydrogens (tertiary/aromatic N) is 4. The minimum absolute atomic E-state index is 0.0967. The van der Waals surface area contributed by atoms with E-state index in [2.05, 4.69) is 15.3 Å². The first-order valence-electron chi connectivity index (χ1n) is 13.5. The second-order valence-corrected chi connectivity index (χ2v) is 12.1. The lowest BCUT2D eigenvalue weighted by atomic mass is 10.1. The number of halogens is 4. The van der Waals surface area contributed by atoms with Crippen molar-refractivity contribution in [2.45, 2.75) is 55.4 Å². The van der Waals surface area contributed by atoms with Crippen LogP contribution in [0.1, 0.15) is 36.9 Å². The molecule has 9 nitrogen and oxygen atoms in total. The molecule has 2 aliphatic rings. The second kappa shape index (κ2) is 11.9. The van der Waals surface area contributed by atoms with Gasteiger partial charge in [-0.05, 0) is 68.1 Å². The summed E-state index contributed by atoms with van der Waals surface area (Å²) in [6.07, 6.45) is -2.22. The van der Waals surface area contributed by atoms with Crippen LogP contribution in [0.25, 0.3) is 11.3 Å². The lowest BCUT2D eigenvalue weighted by molar-refractivity contribution is -0.137. The van der Waals surface area contributed by atoms with Gasteiger partial charge in [-0.15, -0.1) is 0 Å². The summed E-state index contributed by atoms with van der Waals surface area (Å²) in [4.78, 5) is 24.0. The van der Waals surface area contributed by atoms with Crippen LogP contribution in [0, 0.1) is 5.82 Å². The normalized spacial score (nSPS) is 19.8. The number of aliphatic hydroxyl groups is 1. The zero-order valence-corrected chi connectivity index (χ0v) is 23.2. The molecule has 0 radical (unpaired) electrons. The Labute approximate surface area is 240 Å². The SMILES string of the molecule is O=C(NCc1cc(-c2ccc(C(F)(F)F)cc2)nc(N2CCCC2CO)n1)C1CCCN1S(=O)(=O)c1ccc(F)cc1. The number of benzene rings is 2. The molecule has 5 rings (SSSR count). The van der Waals surface area contributed by atoms with E-state index >= 15 is 0 Å². The van der Waals surface area contributed by atoms with Crippen LogP contribution >= 0.6 is 0 Å². The van der Waals surface area contributed by atoms with Crippen LogP contribution in [0.15, 0.2) is 59.5 Å². The first-order chi connectivity index (χ1) is 20.0. The molecule has 1 amide bonds. The Morgan fingerprint density at radius 3 is 2.36 bits per heavy atom. The summed E-state index contributed by atoms with van der Waals surface area (Å²) < 4.78 is 80.1. The fourth-order valence-electron chi connectivity index (χ4n) is 5.30. The highest BCUT2D eigenvalue weighted by atomic mass is 32.2. The number of anilines is 1. The zero-order chi connectivity index (χ0) is 30.1. The summed E-state index contributed by atoms with van der Waals surface area (Å²) in [6.45, 7) is 0.483. The molecule has 3 aromatic rings. The fourth-order valence-corrected chi connectivity index (χ4v) is 6.95. The van der Waals surface area contributed by atoms with Gasteiger partial charge >= 0.3 is 6.18 Å². The summed E-state index contributed by atoms with van der Waals surface area (Å²) in [7, 11) is -4.05. The van der Waals surface area contributed by atoms with E-state index in [9.17, 15) is 35.9 Å². The molecule has 2 fully saturated rings. The van der Waals surface area contributed by atoms with Gasteiger partial charge in [0.2, 0.25) is 21.9 Å². The summed E-state index contributed by atoms with van der Waals surface area (Å²) in [6, 6.07) is 9.28. The van der Waals surface area contributed by atoms with Crippen LogP contribution in [0.4, 0.5) is 23.5 Å². The smallest absolute Gasteiger partial charge is 0.394 e. The average molecular weight is 608 g/mol. The number of carbonyl (C=O) groups is 1. The van der Waals surface area contributed by atoms with E-state index in [1.54, 1.807) is 6.07 Å². The monoisotopic (exact) mass is 607 g/mol. The van der Waals surface area contributed by atoms with Crippen molar-refractivity contribution < 1.29 is 35.9 Å². The van der Waals surface area contributed by atoms with Crippen LogP contribution in [0.3, 0.4) is 0 Å². The van der Waals surface area contributed by atoms with Gasteiger partial charge in [0, 0.05) is 18.7 Å². The van der Waals surface area contributed by atoms with Crippen LogP contribution in [0.2, 0.25) is 0 Å². The van der Waals surface area contributed by atoms with Crippen LogP contribution in [-0.4, -0.2) is 65.5 Å². The lowest BCUT2D eigenvalue weighted by Crippen LogP contribution is -2.45. The van der Waals surface area contributed by atoms with Crippen molar-refractivity contribution in [3.8, 4) is 11.3 Å². The molecule has 224 valence electrons. The van der Waals surface area contributed by atoms with Gasteiger partial charge in [0.25, 0.3) is 0 Å². The number of amides is 1. The van der Waals surface area contributed by atoms with E-state index in [0.29, 0.717) is 36.3 Å². The molecule has 2 atom stereocenters. The Bertz CT molecular complexity index is 1540. The molecule has 2 saturated heterocycles. The van der Waals surface area contributed by atoms with Gasteiger partial charge in [-0.3, -0.25) is 4.79 Å². The molecule has 0 saturated carbocycles. The molecule has 2 aromatic carbocycles. The van der Waals surface area contributed by atoms with Gasteiger partial charge in [-0.1, -0.05) is 12.1 Å². The Morgan fingerprint density at radius 2 is 1.69 bits per heavy atom. The number of alkyl halides is 3. The molecule has 2 N–H and O–H groups in total. The molecule has 14 heteroatoms. The molecular formula is C28H29F4N5O4S. The maximum absolute atomic E-state index is 13.3. The van der Waals surface area contributed by atoms with Crippen molar-refractivity contribution in [2.24, 2.45) is 0 Å². The number of hydrogen-bond donors (Lipinski definition) is 2. The van der Waals surface area contributed by atoms with Gasteiger partial charge < -0.3 is 15.3 Å². The zero-order valence-electron chi connectivity index (χ0n) is 22.4. The van der Waals surface area contributed by atoms with E-state index < -0.39 is 39.5 Å². The molecule has 0 aliphatic carbocycles. The van der Waals surface area contributed by atoms with E-state index in [1.165, 1.54) is 12.1 Å². The number of nitrogens with one attached hydrogen (secondary N) is 1. The molecule has 2 aliphatic heterocycles. The van der Waals surface area contributed by atoms with E-state index in [1.807, 2.05) is 4.90 Å². The van der Waals surface area contributed by atoms with Crippen molar-refractivity contribution in [1.82, 2.24) is 19.6 Å². The van der Waals surface area contributed by atoms with E-state index in [-0.39, 0.29) is 36.6 Å². The van der Waals surface area contributed by atoms with Crippen molar-refractivity contribution >= 4 is 21.9 Å².